The Labute approximate surface area is 95.4 Å². The highest BCUT2D eigenvalue weighted by Gasteiger charge is 2.09. The lowest BCUT2D eigenvalue weighted by atomic mass is 10.1. The monoisotopic (exact) mass is 212 g/mol. The van der Waals surface area contributed by atoms with Crippen molar-refractivity contribution in [2.45, 2.75) is 58.4 Å². The summed E-state index contributed by atoms with van der Waals surface area (Å²) in [7, 11) is 0. The minimum absolute atomic E-state index is 0.703. The van der Waals surface area contributed by atoms with E-state index in [1.54, 1.807) is 0 Å². The third-order valence-electron chi connectivity index (χ3n) is 3.30. The highest BCUT2D eigenvalue weighted by Crippen LogP contribution is 2.09. The van der Waals surface area contributed by atoms with Crippen molar-refractivity contribution in [1.29, 1.82) is 0 Å². The number of nitrogens with one attached hydrogen (secondary N) is 1. The lowest BCUT2D eigenvalue weighted by Crippen LogP contribution is -2.32. The average molecular weight is 212 g/mol. The second kappa shape index (κ2) is 8.12. The van der Waals surface area contributed by atoms with E-state index in [4.69, 9.17) is 0 Å². The molecule has 1 unspecified atom stereocenters. The molecular weight excluding hydrogens is 184 g/mol. The summed E-state index contributed by atoms with van der Waals surface area (Å²) in [6, 6.07) is 0.703. The summed E-state index contributed by atoms with van der Waals surface area (Å²) < 4.78 is 0. The Morgan fingerprint density at radius 3 is 2.60 bits per heavy atom. The van der Waals surface area contributed by atoms with Gasteiger partial charge in [-0.2, -0.15) is 0 Å². The Kier molecular flexibility index (Phi) is 7.03. The van der Waals surface area contributed by atoms with Crippen molar-refractivity contribution < 1.29 is 0 Å². The van der Waals surface area contributed by atoms with Crippen LogP contribution in [-0.4, -0.2) is 37.1 Å². The zero-order chi connectivity index (χ0) is 10.9. The molecule has 1 fully saturated rings. The average Bonchev–Trinajstić information content (AvgIpc) is 2.28. The van der Waals surface area contributed by atoms with Gasteiger partial charge in [0, 0.05) is 6.04 Å². The van der Waals surface area contributed by atoms with Crippen LogP contribution >= 0.6 is 0 Å². The van der Waals surface area contributed by atoms with Crippen LogP contribution < -0.4 is 5.32 Å². The number of nitrogens with zero attached hydrogens (tertiary/aromatic N) is 1. The van der Waals surface area contributed by atoms with Gasteiger partial charge < -0.3 is 10.2 Å². The van der Waals surface area contributed by atoms with E-state index in [1.165, 1.54) is 64.7 Å². The lowest BCUT2D eigenvalue weighted by Gasteiger charge is -2.26. The van der Waals surface area contributed by atoms with Gasteiger partial charge in [0.2, 0.25) is 0 Å². The molecule has 1 N–H and O–H groups in total. The van der Waals surface area contributed by atoms with Gasteiger partial charge in [0.25, 0.3) is 0 Å². The molecule has 0 aromatic rings. The Morgan fingerprint density at radius 1 is 1.20 bits per heavy atom. The van der Waals surface area contributed by atoms with Crippen LogP contribution in [-0.2, 0) is 0 Å². The Balaban J connectivity index is 1.94. The molecule has 15 heavy (non-hydrogen) atoms. The number of likely N-dealkylation sites (tertiary alicyclic amines) is 1. The van der Waals surface area contributed by atoms with E-state index in [2.05, 4.69) is 24.1 Å². The number of hydrogen-bond acceptors (Lipinski definition) is 2. The molecule has 0 bridgehead atoms. The summed E-state index contributed by atoms with van der Waals surface area (Å²) in [4.78, 5) is 2.63. The van der Waals surface area contributed by atoms with E-state index >= 15 is 0 Å². The molecule has 1 aliphatic rings. The largest absolute Gasteiger partial charge is 0.314 e. The third kappa shape index (κ3) is 6.16. The van der Waals surface area contributed by atoms with Crippen molar-refractivity contribution in [1.82, 2.24) is 10.2 Å². The van der Waals surface area contributed by atoms with Crippen LogP contribution in [0.5, 0.6) is 0 Å². The van der Waals surface area contributed by atoms with Gasteiger partial charge in [-0.15, -0.1) is 0 Å². The molecule has 0 aromatic carbocycles. The SMILES string of the molecule is CCCNC(C)CCCN1CCCCC1. The molecule has 0 aliphatic carbocycles. The molecule has 2 nitrogen and oxygen atoms in total. The summed E-state index contributed by atoms with van der Waals surface area (Å²) in [5.41, 5.74) is 0. The molecular formula is C13H28N2. The molecule has 0 spiro atoms. The van der Waals surface area contributed by atoms with Gasteiger partial charge in [0.05, 0.1) is 0 Å². The highest BCUT2D eigenvalue weighted by molar-refractivity contribution is 4.66. The van der Waals surface area contributed by atoms with Gasteiger partial charge >= 0.3 is 0 Å². The first kappa shape index (κ1) is 13.0. The second-order valence-electron chi connectivity index (χ2n) is 4.90. The fraction of sp³-hybridized carbons (Fsp3) is 1.00. The zero-order valence-electron chi connectivity index (χ0n) is 10.6. The van der Waals surface area contributed by atoms with E-state index in [9.17, 15) is 0 Å². The molecule has 0 aromatic heterocycles. The fourth-order valence-corrected chi connectivity index (χ4v) is 2.30. The van der Waals surface area contributed by atoms with Crippen molar-refractivity contribution in [3.8, 4) is 0 Å². The predicted octanol–water partition coefficient (Wildman–Crippen LogP) is 2.64. The van der Waals surface area contributed by atoms with Gasteiger partial charge in [0.1, 0.15) is 0 Å². The molecule has 1 atom stereocenters. The van der Waals surface area contributed by atoms with Crippen molar-refractivity contribution in [3.63, 3.8) is 0 Å². The lowest BCUT2D eigenvalue weighted by molar-refractivity contribution is 0.222. The predicted molar refractivity (Wildman–Crippen MR) is 67.3 cm³/mol. The topological polar surface area (TPSA) is 15.3 Å². The zero-order valence-corrected chi connectivity index (χ0v) is 10.6. The van der Waals surface area contributed by atoms with Crippen LogP contribution in [0.1, 0.15) is 52.4 Å². The Hall–Kier alpha value is -0.0800. The molecule has 1 heterocycles. The maximum atomic E-state index is 3.55. The van der Waals surface area contributed by atoms with Gasteiger partial charge in [0.15, 0.2) is 0 Å². The number of piperidine rings is 1. The number of rotatable bonds is 7. The smallest absolute Gasteiger partial charge is 0.00391 e. The molecule has 2 heteroatoms. The minimum Gasteiger partial charge on any atom is -0.314 e. The minimum atomic E-state index is 0.703. The molecule has 0 radical (unpaired) electrons. The third-order valence-corrected chi connectivity index (χ3v) is 3.30. The Bertz CT molecular complexity index is 141. The summed E-state index contributed by atoms with van der Waals surface area (Å²) >= 11 is 0. The van der Waals surface area contributed by atoms with E-state index in [1.807, 2.05) is 0 Å². The van der Waals surface area contributed by atoms with Crippen LogP contribution in [0, 0.1) is 0 Å². The van der Waals surface area contributed by atoms with Crippen molar-refractivity contribution >= 4 is 0 Å². The maximum absolute atomic E-state index is 3.55. The molecule has 1 saturated heterocycles. The van der Waals surface area contributed by atoms with E-state index in [0.717, 1.165) is 0 Å². The second-order valence-corrected chi connectivity index (χ2v) is 4.90. The molecule has 1 aliphatic heterocycles. The van der Waals surface area contributed by atoms with Crippen molar-refractivity contribution in [2.24, 2.45) is 0 Å². The molecule has 90 valence electrons. The highest BCUT2D eigenvalue weighted by atomic mass is 15.1. The van der Waals surface area contributed by atoms with Gasteiger partial charge in [-0.1, -0.05) is 13.3 Å². The van der Waals surface area contributed by atoms with E-state index in [0.29, 0.717) is 6.04 Å². The van der Waals surface area contributed by atoms with Gasteiger partial charge in [-0.25, -0.2) is 0 Å². The van der Waals surface area contributed by atoms with Crippen LogP contribution in [0.4, 0.5) is 0 Å². The summed E-state index contributed by atoms with van der Waals surface area (Å²) in [6.07, 6.45) is 8.23. The van der Waals surface area contributed by atoms with Crippen LogP contribution in [0.3, 0.4) is 0 Å². The van der Waals surface area contributed by atoms with E-state index < -0.39 is 0 Å². The van der Waals surface area contributed by atoms with Crippen molar-refractivity contribution in [2.75, 3.05) is 26.2 Å². The van der Waals surface area contributed by atoms with E-state index in [-0.39, 0.29) is 0 Å². The number of hydrogen-bond donors (Lipinski definition) is 1. The molecule has 0 amide bonds. The van der Waals surface area contributed by atoms with Crippen LogP contribution in [0.15, 0.2) is 0 Å². The standard InChI is InChI=1S/C13H28N2/c1-3-9-14-13(2)8-7-12-15-10-5-4-6-11-15/h13-14H,3-12H2,1-2H3. The van der Waals surface area contributed by atoms with Crippen molar-refractivity contribution in [3.05, 3.63) is 0 Å². The van der Waals surface area contributed by atoms with Gasteiger partial charge in [-0.3, -0.25) is 0 Å². The molecule has 0 saturated carbocycles. The first-order valence-electron chi connectivity index (χ1n) is 6.78. The Morgan fingerprint density at radius 2 is 1.93 bits per heavy atom. The first-order chi connectivity index (χ1) is 7.33. The van der Waals surface area contributed by atoms with Crippen LogP contribution in [0.2, 0.25) is 0 Å². The fourth-order valence-electron chi connectivity index (χ4n) is 2.30. The summed E-state index contributed by atoms with van der Waals surface area (Å²) in [6.45, 7) is 9.72. The summed E-state index contributed by atoms with van der Waals surface area (Å²) in [5, 5.41) is 3.55. The maximum Gasteiger partial charge on any atom is 0.00391 e. The van der Waals surface area contributed by atoms with Gasteiger partial charge in [-0.05, 0) is 65.2 Å². The van der Waals surface area contributed by atoms with Crippen LogP contribution in [0.25, 0.3) is 0 Å². The quantitative estimate of drug-likeness (QED) is 0.698. The normalized spacial score (nSPS) is 20.4. The summed E-state index contributed by atoms with van der Waals surface area (Å²) in [5.74, 6) is 0. The molecule has 1 rings (SSSR count). The first-order valence-corrected chi connectivity index (χ1v) is 6.78.